The highest BCUT2D eigenvalue weighted by Gasteiger charge is 2.06. The summed E-state index contributed by atoms with van der Waals surface area (Å²) in [5.41, 5.74) is 6.22. The molecule has 0 aliphatic heterocycles. The smallest absolute Gasteiger partial charge is 0.0969 e. The van der Waals surface area contributed by atoms with Gasteiger partial charge in [-0.25, -0.2) is 4.68 Å². The van der Waals surface area contributed by atoms with Crippen LogP contribution in [0.4, 0.5) is 0 Å². The quantitative estimate of drug-likeness (QED) is 0.601. The van der Waals surface area contributed by atoms with Crippen LogP contribution in [0.2, 0.25) is 0 Å². The second-order valence-electron chi connectivity index (χ2n) is 3.08. The number of aliphatic hydroxyl groups excluding tert-OH is 1. The topological polar surface area (TPSA) is 86.2 Å². The molecular weight excluding hydrogens is 184 g/mol. The molecule has 0 aliphatic carbocycles. The summed E-state index contributed by atoms with van der Waals surface area (Å²) in [5, 5.41) is 17.2. The molecule has 0 saturated carbocycles. The maximum atomic E-state index is 9.40. The summed E-state index contributed by atoms with van der Waals surface area (Å²) in [4.78, 5) is 0. The molecule has 80 valence electrons. The van der Waals surface area contributed by atoms with Crippen molar-refractivity contribution in [2.24, 2.45) is 5.73 Å². The SMILES string of the molecule is COCC(O)Cn1cc(CCN)nn1. The van der Waals surface area contributed by atoms with Crippen LogP contribution < -0.4 is 5.73 Å². The predicted octanol–water partition coefficient (Wildman–Crippen LogP) is -1.21. The standard InChI is InChI=1S/C8H16N4O2/c1-14-6-8(13)5-12-4-7(2-3-9)10-11-12/h4,8,13H,2-3,5-6,9H2,1H3. The molecule has 0 radical (unpaired) electrons. The summed E-state index contributed by atoms with van der Waals surface area (Å²) in [6, 6.07) is 0. The van der Waals surface area contributed by atoms with E-state index in [2.05, 4.69) is 10.3 Å². The average molecular weight is 200 g/mol. The van der Waals surface area contributed by atoms with Crippen LogP contribution in [0.5, 0.6) is 0 Å². The van der Waals surface area contributed by atoms with Gasteiger partial charge in [0.15, 0.2) is 0 Å². The van der Waals surface area contributed by atoms with Gasteiger partial charge >= 0.3 is 0 Å². The Kier molecular flexibility index (Phi) is 4.51. The van der Waals surface area contributed by atoms with Crippen molar-refractivity contribution >= 4 is 0 Å². The van der Waals surface area contributed by atoms with Crippen molar-refractivity contribution in [2.75, 3.05) is 20.3 Å². The van der Waals surface area contributed by atoms with E-state index in [9.17, 15) is 5.11 Å². The summed E-state index contributed by atoms with van der Waals surface area (Å²) in [5.74, 6) is 0. The average Bonchev–Trinajstić information content (AvgIpc) is 2.53. The van der Waals surface area contributed by atoms with E-state index >= 15 is 0 Å². The van der Waals surface area contributed by atoms with Gasteiger partial charge in [0.1, 0.15) is 0 Å². The molecule has 0 bridgehead atoms. The molecule has 0 aromatic carbocycles. The molecule has 1 atom stereocenters. The van der Waals surface area contributed by atoms with Gasteiger partial charge in [0.05, 0.1) is 24.9 Å². The molecule has 6 nitrogen and oxygen atoms in total. The number of nitrogens with two attached hydrogens (primary N) is 1. The van der Waals surface area contributed by atoms with E-state index in [1.807, 2.05) is 0 Å². The third kappa shape index (κ3) is 3.41. The van der Waals surface area contributed by atoms with E-state index in [0.717, 1.165) is 5.69 Å². The molecule has 0 spiro atoms. The molecule has 1 aromatic rings. The van der Waals surface area contributed by atoms with Crippen molar-refractivity contribution < 1.29 is 9.84 Å². The highest BCUT2D eigenvalue weighted by Crippen LogP contribution is 1.95. The number of methoxy groups -OCH3 is 1. The number of aromatic nitrogens is 3. The fraction of sp³-hybridized carbons (Fsp3) is 0.750. The molecule has 1 heterocycles. The minimum Gasteiger partial charge on any atom is -0.389 e. The number of hydrogen-bond donors (Lipinski definition) is 2. The Balaban J connectivity index is 2.42. The predicted molar refractivity (Wildman–Crippen MR) is 50.7 cm³/mol. The summed E-state index contributed by atoms with van der Waals surface area (Å²) in [7, 11) is 1.55. The largest absolute Gasteiger partial charge is 0.389 e. The molecule has 6 heteroatoms. The van der Waals surface area contributed by atoms with Gasteiger partial charge in [-0.2, -0.15) is 0 Å². The van der Waals surface area contributed by atoms with Gasteiger partial charge in [-0.1, -0.05) is 5.21 Å². The van der Waals surface area contributed by atoms with Gasteiger partial charge in [0.25, 0.3) is 0 Å². The van der Waals surface area contributed by atoms with E-state index in [1.165, 1.54) is 0 Å². The fourth-order valence-electron chi connectivity index (χ4n) is 1.15. The lowest BCUT2D eigenvalue weighted by atomic mass is 10.3. The van der Waals surface area contributed by atoms with Gasteiger partial charge in [-0.05, 0) is 6.54 Å². The summed E-state index contributed by atoms with van der Waals surface area (Å²) >= 11 is 0. The maximum Gasteiger partial charge on any atom is 0.0969 e. The fourth-order valence-corrected chi connectivity index (χ4v) is 1.15. The van der Waals surface area contributed by atoms with Crippen LogP contribution in [0.25, 0.3) is 0 Å². The van der Waals surface area contributed by atoms with Crippen molar-refractivity contribution in [1.29, 1.82) is 0 Å². The first-order chi connectivity index (χ1) is 6.76. The molecule has 1 rings (SSSR count). The monoisotopic (exact) mass is 200 g/mol. The van der Waals surface area contributed by atoms with E-state index in [4.69, 9.17) is 10.5 Å². The summed E-state index contributed by atoms with van der Waals surface area (Å²) in [6.45, 7) is 1.25. The molecule has 3 N–H and O–H groups in total. The van der Waals surface area contributed by atoms with Gasteiger partial charge < -0.3 is 15.6 Å². The normalized spacial score (nSPS) is 13.1. The van der Waals surface area contributed by atoms with Crippen LogP contribution >= 0.6 is 0 Å². The lowest BCUT2D eigenvalue weighted by Crippen LogP contribution is -2.21. The van der Waals surface area contributed by atoms with Gasteiger partial charge in [-0.15, -0.1) is 5.10 Å². The molecule has 0 amide bonds. The Bertz CT molecular complexity index is 264. The third-order valence-electron chi connectivity index (χ3n) is 1.74. The number of aliphatic hydroxyl groups is 1. The van der Waals surface area contributed by atoms with Gasteiger partial charge in [0, 0.05) is 19.7 Å². The molecule has 0 aliphatic rings. The Morgan fingerprint density at radius 2 is 2.50 bits per heavy atom. The minimum absolute atomic E-state index is 0.298. The highest BCUT2D eigenvalue weighted by atomic mass is 16.5. The van der Waals surface area contributed by atoms with Gasteiger partial charge in [-0.3, -0.25) is 0 Å². The lowest BCUT2D eigenvalue weighted by molar-refractivity contribution is 0.0510. The Morgan fingerprint density at radius 1 is 1.71 bits per heavy atom. The number of nitrogens with zero attached hydrogens (tertiary/aromatic N) is 3. The second kappa shape index (κ2) is 5.69. The zero-order chi connectivity index (χ0) is 10.4. The van der Waals surface area contributed by atoms with Crippen molar-refractivity contribution in [3.8, 4) is 0 Å². The Labute approximate surface area is 82.7 Å². The first-order valence-electron chi connectivity index (χ1n) is 4.52. The Hall–Kier alpha value is -0.980. The van der Waals surface area contributed by atoms with Crippen LogP contribution in [0.1, 0.15) is 5.69 Å². The zero-order valence-corrected chi connectivity index (χ0v) is 8.26. The summed E-state index contributed by atoms with van der Waals surface area (Å²) in [6.07, 6.45) is 1.94. The highest BCUT2D eigenvalue weighted by molar-refractivity contribution is 4.92. The van der Waals surface area contributed by atoms with Crippen LogP contribution in [0.3, 0.4) is 0 Å². The van der Waals surface area contributed by atoms with Crippen molar-refractivity contribution in [1.82, 2.24) is 15.0 Å². The first-order valence-corrected chi connectivity index (χ1v) is 4.52. The van der Waals surface area contributed by atoms with Crippen molar-refractivity contribution in [2.45, 2.75) is 19.1 Å². The molecule has 0 fully saturated rings. The molecule has 14 heavy (non-hydrogen) atoms. The number of ether oxygens (including phenoxy) is 1. The van der Waals surface area contributed by atoms with Crippen LogP contribution in [-0.2, 0) is 17.7 Å². The summed E-state index contributed by atoms with van der Waals surface area (Å²) < 4.78 is 6.39. The maximum absolute atomic E-state index is 9.40. The zero-order valence-electron chi connectivity index (χ0n) is 8.26. The van der Waals surface area contributed by atoms with Crippen LogP contribution in [-0.4, -0.2) is 46.5 Å². The van der Waals surface area contributed by atoms with E-state index < -0.39 is 6.10 Å². The van der Waals surface area contributed by atoms with Crippen molar-refractivity contribution in [3.63, 3.8) is 0 Å². The number of rotatable bonds is 6. The van der Waals surface area contributed by atoms with Crippen LogP contribution in [0.15, 0.2) is 6.20 Å². The van der Waals surface area contributed by atoms with E-state index in [0.29, 0.717) is 26.1 Å². The Morgan fingerprint density at radius 3 is 3.14 bits per heavy atom. The first kappa shape index (κ1) is 11.1. The van der Waals surface area contributed by atoms with Crippen LogP contribution in [0, 0.1) is 0 Å². The van der Waals surface area contributed by atoms with E-state index in [1.54, 1.807) is 18.0 Å². The molecular formula is C8H16N4O2. The van der Waals surface area contributed by atoms with Gasteiger partial charge in [0.2, 0.25) is 0 Å². The lowest BCUT2D eigenvalue weighted by Gasteiger charge is -2.07. The van der Waals surface area contributed by atoms with Crippen molar-refractivity contribution in [3.05, 3.63) is 11.9 Å². The molecule has 1 aromatic heterocycles. The minimum atomic E-state index is -0.549. The molecule has 0 saturated heterocycles. The molecule has 1 unspecified atom stereocenters. The third-order valence-corrected chi connectivity index (χ3v) is 1.74. The number of hydrogen-bond acceptors (Lipinski definition) is 5. The van der Waals surface area contributed by atoms with E-state index in [-0.39, 0.29) is 0 Å². The second-order valence-corrected chi connectivity index (χ2v) is 3.08.